The normalized spacial score (nSPS) is 12.2. The van der Waals surface area contributed by atoms with Crippen molar-refractivity contribution in [3.05, 3.63) is 52.5 Å². The first kappa shape index (κ1) is 13.8. The molecule has 1 N–H and O–H groups in total. The molecule has 5 heteroatoms. The number of aromatic nitrogens is 2. The summed E-state index contributed by atoms with van der Waals surface area (Å²) in [6.07, 6.45) is 5.35. The predicted molar refractivity (Wildman–Crippen MR) is 78.0 cm³/mol. The minimum absolute atomic E-state index is 0.0469. The fraction of sp³-hybridized carbons (Fsp3) is 0.286. The zero-order valence-electron chi connectivity index (χ0n) is 10.9. The molecule has 0 aliphatic carbocycles. The van der Waals surface area contributed by atoms with Crippen molar-refractivity contribution in [2.24, 2.45) is 0 Å². The summed E-state index contributed by atoms with van der Waals surface area (Å²) in [6, 6.07) is 5.63. The summed E-state index contributed by atoms with van der Waals surface area (Å²) >= 11 is 3.43. The van der Waals surface area contributed by atoms with Crippen molar-refractivity contribution >= 4 is 21.8 Å². The number of hydrogen-bond donors (Lipinski definition) is 1. The standard InChI is InChI=1S/C14H16BrN3O/c1-10-7-12(3-4-13(10)15)14(19)17-11(2)8-18-6-5-16-9-18/h3-7,9,11H,8H2,1-2H3,(H,17,19). The van der Waals surface area contributed by atoms with E-state index in [-0.39, 0.29) is 11.9 Å². The topological polar surface area (TPSA) is 46.9 Å². The number of nitrogens with one attached hydrogen (secondary N) is 1. The monoisotopic (exact) mass is 321 g/mol. The van der Waals surface area contributed by atoms with Crippen molar-refractivity contribution in [1.29, 1.82) is 0 Å². The van der Waals surface area contributed by atoms with Crippen LogP contribution in [-0.4, -0.2) is 21.5 Å². The molecule has 2 aromatic rings. The Bertz CT molecular complexity index is 566. The highest BCUT2D eigenvalue weighted by molar-refractivity contribution is 9.10. The molecule has 100 valence electrons. The summed E-state index contributed by atoms with van der Waals surface area (Å²) in [5.74, 6) is -0.0526. The maximum Gasteiger partial charge on any atom is 0.251 e. The summed E-state index contributed by atoms with van der Waals surface area (Å²) in [7, 11) is 0. The van der Waals surface area contributed by atoms with Gasteiger partial charge in [0.15, 0.2) is 0 Å². The van der Waals surface area contributed by atoms with Crippen molar-refractivity contribution in [1.82, 2.24) is 14.9 Å². The quantitative estimate of drug-likeness (QED) is 0.941. The van der Waals surface area contributed by atoms with Gasteiger partial charge in [0.1, 0.15) is 0 Å². The van der Waals surface area contributed by atoms with Crippen molar-refractivity contribution in [3.63, 3.8) is 0 Å². The molecule has 1 unspecified atom stereocenters. The number of carbonyl (C=O) groups is 1. The maximum atomic E-state index is 12.1. The highest BCUT2D eigenvalue weighted by atomic mass is 79.9. The number of imidazole rings is 1. The van der Waals surface area contributed by atoms with Crippen LogP contribution >= 0.6 is 15.9 Å². The molecule has 2 rings (SSSR count). The fourth-order valence-corrected chi connectivity index (χ4v) is 2.10. The molecule has 0 spiro atoms. The second-order valence-corrected chi connectivity index (χ2v) is 5.45. The van der Waals surface area contributed by atoms with E-state index in [1.54, 1.807) is 12.5 Å². The van der Waals surface area contributed by atoms with E-state index >= 15 is 0 Å². The van der Waals surface area contributed by atoms with Crippen molar-refractivity contribution < 1.29 is 4.79 Å². The molecule has 1 aromatic carbocycles. The van der Waals surface area contributed by atoms with Gasteiger partial charge >= 0.3 is 0 Å². The van der Waals surface area contributed by atoms with Gasteiger partial charge in [-0.15, -0.1) is 0 Å². The van der Waals surface area contributed by atoms with E-state index in [1.165, 1.54) is 0 Å². The molecule has 0 saturated heterocycles. The van der Waals surface area contributed by atoms with Gasteiger partial charge in [-0.3, -0.25) is 4.79 Å². The van der Waals surface area contributed by atoms with Crippen molar-refractivity contribution in [2.75, 3.05) is 0 Å². The van der Waals surface area contributed by atoms with E-state index in [0.29, 0.717) is 12.1 Å². The molecular weight excluding hydrogens is 306 g/mol. The number of amides is 1. The molecule has 4 nitrogen and oxygen atoms in total. The molecular formula is C14H16BrN3O. The molecule has 0 bridgehead atoms. The van der Waals surface area contributed by atoms with Gasteiger partial charge in [0.25, 0.3) is 5.91 Å². The van der Waals surface area contributed by atoms with Crippen LogP contribution in [0.15, 0.2) is 41.4 Å². The van der Waals surface area contributed by atoms with Crippen LogP contribution in [0.2, 0.25) is 0 Å². The Balaban J connectivity index is 1.98. The Kier molecular flexibility index (Phi) is 4.37. The largest absolute Gasteiger partial charge is 0.348 e. The van der Waals surface area contributed by atoms with E-state index < -0.39 is 0 Å². The Hall–Kier alpha value is -1.62. The summed E-state index contributed by atoms with van der Waals surface area (Å²) in [6.45, 7) is 4.65. The van der Waals surface area contributed by atoms with Crippen LogP contribution < -0.4 is 5.32 Å². The van der Waals surface area contributed by atoms with E-state index in [9.17, 15) is 4.79 Å². The van der Waals surface area contributed by atoms with Crippen LogP contribution in [0.4, 0.5) is 0 Å². The lowest BCUT2D eigenvalue weighted by atomic mass is 10.1. The number of halogens is 1. The predicted octanol–water partition coefficient (Wildman–Crippen LogP) is 2.77. The van der Waals surface area contributed by atoms with Gasteiger partial charge in [-0.05, 0) is 37.6 Å². The summed E-state index contributed by atoms with van der Waals surface area (Å²) < 4.78 is 2.95. The maximum absolute atomic E-state index is 12.1. The van der Waals surface area contributed by atoms with Gasteiger partial charge < -0.3 is 9.88 Å². The highest BCUT2D eigenvalue weighted by Gasteiger charge is 2.10. The SMILES string of the molecule is Cc1cc(C(=O)NC(C)Cn2ccnc2)ccc1Br. The second-order valence-electron chi connectivity index (χ2n) is 4.60. The first-order valence-electron chi connectivity index (χ1n) is 6.09. The third-order valence-electron chi connectivity index (χ3n) is 2.84. The van der Waals surface area contributed by atoms with Crippen LogP contribution in [-0.2, 0) is 6.54 Å². The molecule has 0 fully saturated rings. The smallest absolute Gasteiger partial charge is 0.251 e. The van der Waals surface area contributed by atoms with Gasteiger partial charge in [-0.2, -0.15) is 0 Å². The third kappa shape index (κ3) is 3.67. The van der Waals surface area contributed by atoms with Crippen LogP contribution in [0.3, 0.4) is 0 Å². The van der Waals surface area contributed by atoms with E-state index in [1.807, 2.05) is 42.8 Å². The minimum Gasteiger partial charge on any atom is -0.348 e. The zero-order valence-corrected chi connectivity index (χ0v) is 12.5. The van der Waals surface area contributed by atoms with E-state index in [0.717, 1.165) is 10.0 Å². The summed E-state index contributed by atoms with van der Waals surface area (Å²) in [4.78, 5) is 16.1. The zero-order chi connectivity index (χ0) is 13.8. The molecule has 0 aliphatic heterocycles. The Morgan fingerprint density at radius 3 is 2.95 bits per heavy atom. The van der Waals surface area contributed by atoms with Crippen LogP contribution in [0.1, 0.15) is 22.8 Å². The highest BCUT2D eigenvalue weighted by Crippen LogP contribution is 2.17. The van der Waals surface area contributed by atoms with Gasteiger partial charge in [0.2, 0.25) is 0 Å². The number of carbonyl (C=O) groups excluding carboxylic acids is 1. The van der Waals surface area contributed by atoms with Crippen molar-refractivity contribution in [3.8, 4) is 0 Å². The average Bonchev–Trinajstić information content (AvgIpc) is 2.85. The Morgan fingerprint density at radius 2 is 2.32 bits per heavy atom. The first-order valence-corrected chi connectivity index (χ1v) is 6.88. The van der Waals surface area contributed by atoms with Crippen LogP contribution in [0.5, 0.6) is 0 Å². The lowest BCUT2D eigenvalue weighted by Crippen LogP contribution is -2.35. The molecule has 1 amide bonds. The molecule has 0 radical (unpaired) electrons. The van der Waals surface area contributed by atoms with Crippen LogP contribution in [0.25, 0.3) is 0 Å². The lowest BCUT2D eigenvalue weighted by Gasteiger charge is -2.14. The van der Waals surface area contributed by atoms with Gasteiger partial charge in [0, 0.05) is 35.0 Å². The number of benzene rings is 1. The van der Waals surface area contributed by atoms with Gasteiger partial charge in [-0.25, -0.2) is 4.98 Å². The molecule has 1 aromatic heterocycles. The number of nitrogens with zero attached hydrogens (tertiary/aromatic N) is 2. The molecule has 0 saturated carbocycles. The fourth-order valence-electron chi connectivity index (χ4n) is 1.85. The second kappa shape index (κ2) is 6.02. The Morgan fingerprint density at radius 1 is 1.53 bits per heavy atom. The number of hydrogen-bond acceptors (Lipinski definition) is 2. The van der Waals surface area contributed by atoms with Gasteiger partial charge in [0.05, 0.1) is 6.33 Å². The molecule has 0 aliphatic rings. The summed E-state index contributed by atoms with van der Waals surface area (Å²) in [5.41, 5.74) is 1.73. The molecule has 19 heavy (non-hydrogen) atoms. The Labute approximate surface area is 121 Å². The van der Waals surface area contributed by atoms with Gasteiger partial charge in [-0.1, -0.05) is 15.9 Å². The van der Waals surface area contributed by atoms with Crippen LogP contribution in [0, 0.1) is 6.92 Å². The number of rotatable bonds is 4. The van der Waals surface area contributed by atoms with Crippen molar-refractivity contribution in [2.45, 2.75) is 26.4 Å². The van der Waals surface area contributed by atoms with E-state index in [2.05, 4.69) is 26.2 Å². The van der Waals surface area contributed by atoms with E-state index in [4.69, 9.17) is 0 Å². The number of aryl methyl sites for hydroxylation is 1. The first-order chi connectivity index (χ1) is 9.06. The molecule has 1 atom stereocenters. The third-order valence-corrected chi connectivity index (χ3v) is 3.73. The molecule has 1 heterocycles. The lowest BCUT2D eigenvalue weighted by molar-refractivity contribution is 0.0936. The average molecular weight is 322 g/mol. The summed E-state index contributed by atoms with van der Waals surface area (Å²) in [5, 5.41) is 2.98. The minimum atomic E-state index is -0.0526.